The third-order valence-electron chi connectivity index (χ3n) is 8.96. The highest BCUT2D eigenvalue weighted by Gasteiger charge is 2.19. The molecular weight excluding hydrogens is 544 g/mol. The lowest BCUT2D eigenvalue weighted by atomic mass is 9.85. The number of nitrogens with zero attached hydrogens (tertiary/aromatic N) is 2. The molecule has 0 unspecified atom stereocenters. The van der Waals surface area contributed by atoms with E-state index in [1.807, 2.05) is 0 Å². The number of hydrogen-bond donors (Lipinski definition) is 0. The van der Waals surface area contributed by atoms with Crippen molar-refractivity contribution < 1.29 is 0 Å². The molecule has 2 nitrogen and oxygen atoms in total. The lowest BCUT2D eigenvalue weighted by Crippen LogP contribution is -1.97. The van der Waals surface area contributed by atoms with Crippen molar-refractivity contribution in [2.45, 2.75) is 0 Å². The van der Waals surface area contributed by atoms with E-state index in [9.17, 15) is 0 Å². The van der Waals surface area contributed by atoms with Crippen LogP contribution in [0.1, 0.15) is 0 Å². The Morgan fingerprint density at radius 3 is 1.53 bits per heavy atom. The van der Waals surface area contributed by atoms with E-state index in [4.69, 9.17) is 4.98 Å². The molecule has 0 N–H and O–H groups in total. The van der Waals surface area contributed by atoms with Crippen molar-refractivity contribution in [1.29, 1.82) is 0 Å². The first-order valence-corrected chi connectivity index (χ1v) is 15.4. The van der Waals surface area contributed by atoms with Gasteiger partial charge >= 0.3 is 0 Å². The van der Waals surface area contributed by atoms with Crippen molar-refractivity contribution in [3.05, 3.63) is 170 Å². The first kappa shape index (κ1) is 25.5. The summed E-state index contributed by atoms with van der Waals surface area (Å²) in [6.45, 7) is 0. The van der Waals surface area contributed by atoms with Gasteiger partial charge in [0.05, 0.1) is 11.0 Å². The van der Waals surface area contributed by atoms with Crippen LogP contribution in [0.2, 0.25) is 0 Å². The minimum atomic E-state index is 0.940. The largest absolute Gasteiger partial charge is 0.292 e. The molecule has 0 aliphatic rings. The van der Waals surface area contributed by atoms with E-state index in [2.05, 4.69) is 174 Å². The molecule has 1 aromatic heterocycles. The third-order valence-corrected chi connectivity index (χ3v) is 8.96. The van der Waals surface area contributed by atoms with Gasteiger partial charge in [-0.1, -0.05) is 140 Å². The Bertz CT molecular complexity index is 2470. The molecule has 2 heteroatoms. The molecule has 0 aliphatic heterocycles. The quantitative estimate of drug-likeness (QED) is 0.192. The topological polar surface area (TPSA) is 17.8 Å². The van der Waals surface area contributed by atoms with Crippen LogP contribution in [0.4, 0.5) is 0 Å². The summed E-state index contributed by atoms with van der Waals surface area (Å²) in [7, 11) is 0. The molecule has 0 bridgehead atoms. The zero-order chi connectivity index (χ0) is 29.7. The predicted molar refractivity (Wildman–Crippen MR) is 190 cm³/mol. The van der Waals surface area contributed by atoms with Crippen molar-refractivity contribution in [3.8, 4) is 39.3 Å². The first-order valence-electron chi connectivity index (χ1n) is 15.4. The number of hydrogen-bond acceptors (Lipinski definition) is 1. The second-order valence-corrected chi connectivity index (χ2v) is 11.6. The Labute approximate surface area is 261 Å². The Morgan fingerprint density at radius 2 is 0.889 bits per heavy atom. The van der Waals surface area contributed by atoms with Gasteiger partial charge in [0.15, 0.2) is 0 Å². The molecule has 1 heterocycles. The van der Waals surface area contributed by atoms with Gasteiger partial charge in [0.2, 0.25) is 0 Å². The van der Waals surface area contributed by atoms with Crippen molar-refractivity contribution in [1.82, 2.24) is 9.55 Å². The van der Waals surface area contributed by atoms with Gasteiger partial charge in [0.1, 0.15) is 5.82 Å². The summed E-state index contributed by atoms with van der Waals surface area (Å²) in [4.78, 5) is 5.16. The fourth-order valence-corrected chi connectivity index (χ4v) is 6.95. The molecule has 0 spiro atoms. The summed E-state index contributed by atoms with van der Waals surface area (Å²) in [6, 6.07) is 60.9. The molecule has 0 aliphatic carbocycles. The Kier molecular flexibility index (Phi) is 5.85. The molecular formula is C43H28N2. The molecule has 0 fully saturated rings. The zero-order valence-electron chi connectivity index (χ0n) is 24.6. The first-order chi connectivity index (χ1) is 22.3. The average Bonchev–Trinajstić information content (AvgIpc) is 3.50. The van der Waals surface area contributed by atoms with E-state index in [0.29, 0.717) is 0 Å². The standard InChI is InChI=1S/C43H28N2/c1-3-14-30(15-4-1)43-44-39-26-25-33(28-40(39)45(43)34-17-5-2-6-18-34)42-37-21-11-9-19-35(37)41(36-20-10-12-22-38(36)42)32-24-23-29-13-7-8-16-31(29)27-32/h1-28H. The van der Waals surface area contributed by atoms with Crippen LogP contribution in [0.3, 0.4) is 0 Å². The van der Waals surface area contributed by atoms with Gasteiger partial charge in [-0.05, 0) is 84.9 Å². The number of aromatic nitrogens is 2. The van der Waals surface area contributed by atoms with Crippen LogP contribution in [0.15, 0.2) is 170 Å². The predicted octanol–water partition coefficient (Wildman–Crippen LogP) is 11.5. The highest BCUT2D eigenvalue weighted by molar-refractivity contribution is 6.22. The van der Waals surface area contributed by atoms with Crippen molar-refractivity contribution in [2.24, 2.45) is 0 Å². The lowest BCUT2D eigenvalue weighted by molar-refractivity contribution is 1.10. The number of rotatable bonds is 4. The third kappa shape index (κ3) is 4.15. The Hall–Kier alpha value is -5.99. The van der Waals surface area contributed by atoms with Crippen LogP contribution in [-0.2, 0) is 0 Å². The van der Waals surface area contributed by atoms with Crippen LogP contribution in [0, 0.1) is 0 Å². The lowest BCUT2D eigenvalue weighted by Gasteiger charge is -2.18. The van der Waals surface area contributed by atoms with Gasteiger partial charge in [0, 0.05) is 11.3 Å². The second kappa shape index (κ2) is 10.3. The van der Waals surface area contributed by atoms with Crippen LogP contribution < -0.4 is 0 Å². The van der Waals surface area contributed by atoms with E-state index in [0.717, 1.165) is 28.1 Å². The summed E-state index contributed by atoms with van der Waals surface area (Å²) in [5, 5.41) is 7.50. The Balaban J connectivity index is 1.35. The molecule has 9 rings (SSSR count). The van der Waals surface area contributed by atoms with Gasteiger partial charge < -0.3 is 0 Å². The van der Waals surface area contributed by atoms with Crippen LogP contribution in [-0.4, -0.2) is 9.55 Å². The monoisotopic (exact) mass is 572 g/mol. The maximum Gasteiger partial charge on any atom is 0.145 e. The highest BCUT2D eigenvalue weighted by Crippen LogP contribution is 2.44. The van der Waals surface area contributed by atoms with Crippen molar-refractivity contribution in [2.75, 3.05) is 0 Å². The molecule has 9 aromatic rings. The molecule has 45 heavy (non-hydrogen) atoms. The molecule has 0 saturated carbocycles. The van der Waals surface area contributed by atoms with Gasteiger partial charge in [0.25, 0.3) is 0 Å². The number of para-hydroxylation sites is 1. The van der Waals surface area contributed by atoms with E-state index in [1.165, 1.54) is 54.6 Å². The minimum absolute atomic E-state index is 0.940. The summed E-state index contributed by atoms with van der Waals surface area (Å²) in [5.74, 6) is 0.940. The van der Waals surface area contributed by atoms with E-state index in [-0.39, 0.29) is 0 Å². The molecule has 0 amide bonds. The summed E-state index contributed by atoms with van der Waals surface area (Å²) >= 11 is 0. The zero-order valence-corrected chi connectivity index (χ0v) is 24.6. The van der Waals surface area contributed by atoms with Gasteiger partial charge in [-0.2, -0.15) is 0 Å². The van der Waals surface area contributed by atoms with Gasteiger partial charge in [-0.3, -0.25) is 4.57 Å². The van der Waals surface area contributed by atoms with E-state index in [1.54, 1.807) is 0 Å². The normalized spacial score (nSPS) is 11.6. The van der Waals surface area contributed by atoms with Crippen LogP contribution in [0.25, 0.3) is 82.7 Å². The number of fused-ring (bicyclic) bond motifs is 4. The van der Waals surface area contributed by atoms with E-state index < -0.39 is 0 Å². The summed E-state index contributed by atoms with van der Waals surface area (Å²) < 4.78 is 2.29. The van der Waals surface area contributed by atoms with E-state index >= 15 is 0 Å². The molecule has 0 atom stereocenters. The fraction of sp³-hybridized carbons (Fsp3) is 0. The summed E-state index contributed by atoms with van der Waals surface area (Å²) in [6.07, 6.45) is 0. The molecule has 8 aromatic carbocycles. The fourth-order valence-electron chi connectivity index (χ4n) is 6.95. The van der Waals surface area contributed by atoms with Crippen molar-refractivity contribution >= 4 is 43.4 Å². The number of benzene rings is 8. The SMILES string of the molecule is c1ccc(-c2nc3ccc(-c4c5ccccc5c(-c5ccc6ccccc6c5)c5ccccc45)cc3n2-c2ccccc2)cc1. The minimum Gasteiger partial charge on any atom is -0.292 e. The maximum atomic E-state index is 5.16. The van der Waals surface area contributed by atoms with Gasteiger partial charge in [-0.25, -0.2) is 4.98 Å². The van der Waals surface area contributed by atoms with Crippen LogP contribution in [0.5, 0.6) is 0 Å². The second-order valence-electron chi connectivity index (χ2n) is 11.6. The van der Waals surface area contributed by atoms with Crippen molar-refractivity contribution in [3.63, 3.8) is 0 Å². The average molecular weight is 573 g/mol. The molecule has 210 valence electrons. The number of imidazole rings is 1. The molecule has 0 radical (unpaired) electrons. The summed E-state index contributed by atoms with van der Waals surface area (Å²) in [5.41, 5.74) is 9.18. The van der Waals surface area contributed by atoms with Crippen LogP contribution >= 0.6 is 0 Å². The highest BCUT2D eigenvalue weighted by atomic mass is 15.1. The smallest absolute Gasteiger partial charge is 0.145 e. The maximum absolute atomic E-state index is 5.16. The Morgan fingerprint density at radius 1 is 0.378 bits per heavy atom. The molecule has 0 saturated heterocycles. The van der Waals surface area contributed by atoms with Gasteiger partial charge in [-0.15, -0.1) is 0 Å².